The van der Waals surface area contributed by atoms with Crippen LogP contribution in [0, 0.1) is 18.3 Å². The monoisotopic (exact) mass is 523 g/mol. The first-order valence-electron chi connectivity index (χ1n) is 11.8. The van der Waals surface area contributed by atoms with Crippen molar-refractivity contribution in [3.05, 3.63) is 112 Å². The highest BCUT2D eigenvalue weighted by Crippen LogP contribution is 2.44. The summed E-state index contributed by atoms with van der Waals surface area (Å²) >= 11 is 0. The highest BCUT2D eigenvalue weighted by Gasteiger charge is 2.43. The van der Waals surface area contributed by atoms with Gasteiger partial charge in [0, 0.05) is 0 Å². The molecule has 0 amide bonds. The number of anilines is 1. The van der Waals surface area contributed by atoms with Crippen LogP contribution in [0.5, 0.6) is 0 Å². The fraction of sp³-hybridized carbons (Fsp3) is 0.133. The Kier molecular flexibility index (Phi) is 7.49. The number of aryl methyl sites for hydroxylation is 1. The molecule has 1 atom stereocenters. The molecule has 1 aliphatic rings. The van der Waals surface area contributed by atoms with Gasteiger partial charge in [0.15, 0.2) is 0 Å². The maximum absolute atomic E-state index is 13.3. The number of hydrogen-bond acceptors (Lipinski definition) is 8. The SMILES string of the molecule is COC(=O)C1=C(C(=O)OC)N(c2ccc(-c3ccc(C)cc3)cc2C(=O)O)C(N)=C(C#N)C1c1ccccc1. The standard InChI is InChI=1S/C30H25N3O6/c1-17-9-11-18(12-10-17)20-13-14-23(21(15-20)28(34)35)33-26(30(37)39-3)25(29(36)38-2)24(22(16-31)27(33)32)19-7-5-4-6-8-19/h4-15,24H,32H2,1-3H3,(H,34,35). The molecule has 1 unspecified atom stereocenters. The predicted octanol–water partition coefficient (Wildman–Crippen LogP) is 4.26. The number of carbonyl (C=O) groups is 3. The number of hydrogen-bond donors (Lipinski definition) is 2. The Hall–Kier alpha value is -5.36. The fourth-order valence-electron chi connectivity index (χ4n) is 4.59. The van der Waals surface area contributed by atoms with Crippen molar-refractivity contribution in [2.24, 2.45) is 5.73 Å². The number of carboxylic acids is 1. The number of carbonyl (C=O) groups excluding carboxylic acids is 2. The van der Waals surface area contributed by atoms with Gasteiger partial charge in [-0.1, -0.05) is 66.2 Å². The Labute approximate surface area is 225 Å². The number of aromatic carboxylic acids is 1. The number of carboxylic acid groups (broad SMARTS) is 1. The summed E-state index contributed by atoms with van der Waals surface area (Å²) in [6, 6.07) is 22.7. The van der Waals surface area contributed by atoms with Crippen molar-refractivity contribution < 1.29 is 29.0 Å². The van der Waals surface area contributed by atoms with Crippen molar-refractivity contribution in [1.29, 1.82) is 5.26 Å². The quantitative estimate of drug-likeness (QED) is 0.453. The van der Waals surface area contributed by atoms with Gasteiger partial charge in [-0.2, -0.15) is 5.26 Å². The Balaban J connectivity index is 2.05. The van der Waals surface area contributed by atoms with Gasteiger partial charge in [0.05, 0.1) is 48.6 Å². The summed E-state index contributed by atoms with van der Waals surface area (Å²) in [7, 11) is 2.27. The normalized spacial score (nSPS) is 15.0. The second-order valence-electron chi connectivity index (χ2n) is 8.74. The molecule has 3 aromatic rings. The number of benzene rings is 3. The van der Waals surface area contributed by atoms with Crippen molar-refractivity contribution in [3.8, 4) is 17.2 Å². The van der Waals surface area contributed by atoms with Gasteiger partial charge in [0.1, 0.15) is 11.5 Å². The van der Waals surface area contributed by atoms with E-state index in [1.165, 1.54) is 12.1 Å². The minimum Gasteiger partial charge on any atom is -0.478 e. The van der Waals surface area contributed by atoms with Crippen LogP contribution in [-0.2, 0) is 19.1 Å². The summed E-state index contributed by atoms with van der Waals surface area (Å²) in [6.45, 7) is 1.94. The van der Waals surface area contributed by atoms with Gasteiger partial charge in [-0.15, -0.1) is 0 Å². The average Bonchev–Trinajstić information content (AvgIpc) is 2.96. The molecule has 1 heterocycles. The van der Waals surface area contributed by atoms with Crippen LogP contribution in [0.1, 0.15) is 27.4 Å². The molecule has 0 spiro atoms. The summed E-state index contributed by atoms with van der Waals surface area (Å²) in [6.07, 6.45) is 0. The zero-order valence-corrected chi connectivity index (χ0v) is 21.5. The molecule has 196 valence electrons. The second-order valence-corrected chi connectivity index (χ2v) is 8.74. The van der Waals surface area contributed by atoms with Crippen molar-refractivity contribution in [1.82, 2.24) is 0 Å². The third-order valence-corrected chi connectivity index (χ3v) is 6.46. The van der Waals surface area contributed by atoms with Gasteiger partial charge < -0.3 is 20.3 Å². The van der Waals surface area contributed by atoms with Crippen LogP contribution in [0.15, 0.2) is 95.5 Å². The summed E-state index contributed by atoms with van der Waals surface area (Å²) in [5, 5.41) is 20.4. The number of nitrogens with two attached hydrogens (primary N) is 1. The summed E-state index contributed by atoms with van der Waals surface area (Å²) < 4.78 is 10.0. The fourth-order valence-corrected chi connectivity index (χ4v) is 4.59. The molecule has 39 heavy (non-hydrogen) atoms. The molecule has 0 saturated heterocycles. The molecule has 9 heteroatoms. The maximum atomic E-state index is 13.3. The third kappa shape index (κ3) is 4.83. The average molecular weight is 524 g/mol. The molecule has 4 rings (SSSR count). The number of methoxy groups -OCH3 is 2. The Morgan fingerprint density at radius 2 is 1.54 bits per heavy atom. The van der Waals surface area contributed by atoms with Crippen LogP contribution < -0.4 is 10.6 Å². The molecule has 0 aromatic heterocycles. The van der Waals surface area contributed by atoms with E-state index in [9.17, 15) is 24.8 Å². The van der Waals surface area contributed by atoms with E-state index < -0.39 is 23.8 Å². The first-order valence-corrected chi connectivity index (χ1v) is 11.8. The number of nitrogens with zero attached hydrogens (tertiary/aromatic N) is 2. The highest BCUT2D eigenvalue weighted by atomic mass is 16.5. The van der Waals surface area contributed by atoms with E-state index in [4.69, 9.17) is 15.2 Å². The molecule has 0 radical (unpaired) electrons. The molecule has 0 bridgehead atoms. The Morgan fingerprint density at radius 1 is 0.923 bits per heavy atom. The van der Waals surface area contributed by atoms with E-state index in [2.05, 4.69) is 6.07 Å². The predicted molar refractivity (Wildman–Crippen MR) is 143 cm³/mol. The molecule has 3 aromatic carbocycles. The first kappa shape index (κ1) is 26.7. The van der Waals surface area contributed by atoms with Crippen LogP contribution in [0.4, 0.5) is 5.69 Å². The molecule has 1 aliphatic heterocycles. The van der Waals surface area contributed by atoms with Crippen LogP contribution in [0.3, 0.4) is 0 Å². The van der Waals surface area contributed by atoms with Gasteiger partial charge in [-0.05, 0) is 35.7 Å². The zero-order chi connectivity index (χ0) is 28.3. The highest BCUT2D eigenvalue weighted by molar-refractivity contribution is 6.08. The molecule has 0 fully saturated rings. The minimum absolute atomic E-state index is 0.0306. The summed E-state index contributed by atoms with van der Waals surface area (Å²) in [4.78, 5) is 40.0. The van der Waals surface area contributed by atoms with Crippen LogP contribution in [0.25, 0.3) is 11.1 Å². The largest absolute Gasteiger partial charge is 0.478 e. The van der Waals surface area contributed by atoms with Crippen LogP contribution in [0.2, 0.25) is 0 Å². The van der Waals surface area contributed by atoms with Gasteiger partial charge >= 0.3 is 17.9 Å². The third-order valence-electron chi connectivity index (χ3n) is 6.46. The lowest BCUT2D eigenvalue weighted by Crippen LogP contribution is -2.41. The zero-order valence-electron chi connectivity index (χ0n) is 21.5. The van der Waals surface area contributed by atoms with Gasteiger partial charge in [-0.3, -0.25) is 4.90 Å². The lowest BCUT2D eigenvalue weighted by molar-refractivity contribution is -0.139. The van der Waals surface area contributed by atoms with Crippen LogP contribution in [-0.4, -0.2) is 37.2 Å². The number of allylic oxidation sites excluding steroid dienone is 1. The Morgan fingerprint density at radius 3 is 2.10 bits per heavy atom. The smallest absolute Gasteiger partial charge is 0.355 e. The number of ether oxygens (including phenoxy) is 2. The molecule has 3 N–H and O–H groups in total. The first-order chi connectivity index (χ1) is 18.7. The van der Waals surface area contributed by atoms with E-state index in [1.54, 1.807) is 36.4 Å². The minimum atomic E-state index is -1.31. The van der Waals surface area contributed by atoms with Crippen molar-refractivity contribution in [3.63, 3.8) is 0 Å². The van der Waals surface area contributed by atoms with Crippen molar-refractivity contribution in [2.45, 2.75) is 12.8 Å². The van der Waals surface area contributed by atoms with Crippen molar-refractivity contribution in [2.75, 3.05) is 19.1 Å². The molecule has 0 saturated carbocycles. The topological polar surface area (TPSA) is 143 Å². The lowest BCUT2D eigenvalue weighted by atomic mass is 9.80. The van der Waals surface area contributed by atoms with E-state index >= 15 is 0 Å². The van der Waals surface area contributed by atoms with Crippen molar-refractivity contribution >= 4 is 23.6 Å². The molecular formula is C30H25N3O6. The number of rotatable bonds is 6. The lowest BCUT2D eigenvalue weighted by Gasteiger charge is -2.36. The number of esters is 2. The van der Waals surface area contributed by atoms with E-state index in [0.717, 1.165) is 30.2 Å². The van der Waals surface area contributed by atoms with Gasteiger partial charge in [0.2, 0.25) is 0 Å². The number of nitriles is 1. The molecular weight excluding hydrogens is 498 g/mol. The molecule has 0 aliphatic carbocycles. The maximum Gasteiger partial charge on any atom is 0.355 e. The summed E-state index contributed by atoms with van der Waals surface area (Å²) in [5.41, 5.74) is 8.58. The Bertz CT molecular complexity index is 1570. The van der Waals surface area contributed by atoms with E-state index in [1.807, 2.05) is 31.2 Å². The van der Waals surface area contributed by atoms with Gasteiger partial charge in [0.25, 0.3) is 0 Å². The van der Waals surface area contributed by atoms with E-state index in [0.29, 0.717) is 11.1 Å². The molecule has 9 nitrogen and oxygen atoms in total. The second kappa shape index (κ2) is 10.9. The van der Waals surface area contributed by atoms with E-state index in [-0.39, 0.29) is 33.9 Å². The summed E-state index contributed by atoms with van der Waals surface area (Å²) in [5.74, 6) is -4.45. The van der Waals surface area contributed by atoms with Crippen LogP contribution >= 0.6 is 0 Å². The van der Waals surface area contributed by atoms with Gasteiger partial charge in [-0.25, -0.2) is 14.4 Å².